The fraction of sp³-hybridized carbons (Fsp3) is 0.444. The molecule has 2 aliphatic rings. The number of carboxylic acid groups (broad SMARTS) is 1. The molecular weight excluding hydrogens is 338 g/mol. The van der Waals surface area contributed by atoms with Crippen molar-refractivity contribution in [1.29, 1.82) is 0 Å². The van der Waals surface area contributed by atoms with Gasteiger partial charge in [-0.3, -0.25) is 14.2 Å². The minimum Gasteiger partial charge on any atom is -0.543 e. The van der Waals surface area contributed by atoms with Crippen molar-refractivity contribution in [2.45, 2.75) is 25.3 Å². The van der Waals surface area contributed by atoms with E-state index in [1.807, 2.05) is 18.2 Å². The molecule has 3 rings (SSSR count). The molecule has 6 nitrogen and oxygen atoms in total. The fourth-order valence-corrected chi connectivity index (χ4v) is 4.99. The minimum absolute atomic E-state index is 0.0239. The van der Waals surface area contributed by atoms with Gasteiger partial charge in [-0.25, -0.2) is 0 Å². The van der Waals surface area contributed by atoms with Crippen molar-refractivity contribution in [2.75, 3.05) is 25.4 Å². The van der Waals surface area contributed by atoms with E-state index in [1.165, 1.54) is 16.7 Å². The van der Waals surface area contributed by atoms with Gasteiger partial charge in [-0.15, -0.1) is 11.8 Å². The maximum Gasteiger partial charge on any atom is 0.248 e. The number of aliphatic carboxylic acids is 1. The standard InChI is InChI=1S/C18H23N3O3S/c1-3-21(4-2,13-8-6-5-7-9-13)10-12-11-25-17-14(19)16(22)20(17)15(12)18(23)24/h5-9,14,17H,3-4,10-11,19H2,1-2H3/t14-,17-/m1/s1. The zero-order chi connectivity index (χ0) is 18.2. The summed E-state index contributed by atoms with van der Waals surface area (Å²) in [4.78, 5) is 25.2. The molecule has 1 saturated heterocycles. The zero-order valence-corrected chi connectivity index (χ0v) is 15.3. The second-order valence-electron chi connectivity index (χ2n) is 6.45. The Labute approximate surface area is 151 Å². The molecule has 2 heterocycles. The van der Waals surface area contributed by atoms with Crippen molar-refractivity contribution < 1.29 is 14.7 Å². The largest absolute Gasteiger partial charge is 0.543 e. The molecule has 0 spiro atoms. The van der Waals surface area contributed by atoms with E-state index in [0.29, 0.717) is 16.8 Å². The Morgan fingerprint density at radius 2 is 1.96 bits per heavy atom. The number of rotatable bonds is 6. The summed E-state index contributed by atoms with van der Waals surface area (Å²) in [6.45, 7) is 6.38. The predicted octanol–water partition coefficient (Wildman–Crippen LogP) is 0.280. The number of hydrogen-bond acceptors (Lipinski definition) is 5. The number of fused-ring (bicyclic) bond motifs is 1. The quantitative estimate of drug-likeness (QED) is 0.581. The zero-order valence-electron chi connectivity index (χ0n) is 14.5. The van der Waals surface area contributed by atoms with Gasteiger partial charge in [-0.2, -0.15) is 0 Å². The first-order chi connectivity index (χ1) is 11.9. The third-order valence-electron chi connectivity index (χ3n) is 5.29. The van der Waals surface area contributed by atoms with E-state index in [2.05, 4.69) is 26.0 Å². The molecule has 7 heteroatoms. The van der Waals surface area contributed by atoms with Crippen LogP contribution in [0.3, 0.4) is 0 Å². The van der Waals surface area contributed by atoms with Gasteiger partial charge in [0.1, 0.15) is 23.6 Å². The average molecular weight is 361 g/mol. The van der Waals surface area contributed by atoms with E-state index in [9.17, 15) is 14.7 Å². The molecule has 1 aromatic carbocycles. The van der Waals surface area contributed by atoms with Crippen LogP contribution in [0.2, 0.25) is 0 Å². The van der Waals surface area contributed by atoms with Crippen LogP contribution in [0.15, 0.2) is 41.6 Å². The van der Waals surface area contributed by atoms with Crippen LogP contribution in [0.4, 0.5) is 5.69 Å². The number of nitrogens with two attached hydrogens (primary N) is 1. The van der Waals surface area contributed by atoms with Crippen LogP contribution in [-0.4, -0.2) is 53.6 Å². The lowest BCUT2D eigenvalue weighted by atomic mass is 10.0. The van der Waals surface area contributed by atoms with E-state index in [0.717, 1.165) is 24.4 Å². The van der Waals surface area contributed by atoms with Gasteiger partial charge < -0.3 is 15.6 Å². The monoisotopic (exact) mass is 361 g/mol. The molecule has 1 fully saturated rings. The number of benzene rings is 1. The van der Waals surface area contributed by atoms with Crippen molar-refractivity contribution in [1.82, 2.24) is 9.38 Å². The Balaban J connectivity index is 2.01. The number of nitrogens with zero attached hydrogens (tertiary/aromatic N) is 2. The second kappa shape index (κ2) is 6.82. The molecule has 25 heavy (non-hydrogen) atoms. The van der Waals surface area contributed by atoms with Crippen molar-refractivity contribution in [3.05, 3.63) is 41.6 Å². The van der Waals surface area contributed by atoms with E-state index in [-0.39, 0.29) is 17.0 Å². The lowest BCUT2D eigenvalue weighted by Crippen LogP contribution is -2.69. The SMILES string of the molecule is CC[N+](CC)(CC1=C(C(=O)[O-])N2C(=O)[C@@H](N)[C@H]2SC1)c1ccccc1. The number of quaternary nitrogens is 1. The van der Waals surface area contributed by atoms with E-state index in [4.69, 9.17) is 5.73 Å². The van der Waals surface area contributed by atoms with Gasteiger partial charge in [-0.05, 0) is 26.0 Å². The first-order valence-corrected chi connectivity index (χ1v) is 9.55. The van der Waals surface area contributed by atoms with Crippen molar-refractivity contribution in [3.8, 4) is 0 Å². The number of carboxylic acids is 1. The number of amides is 1. The summed E-state index contributed by atoms with van der Waals surface area (Å²) in [6.07, 6.45) is 0. The number of hydrogen-bond donors (Lipinski definition) is 1. The highest BCUT2D eigenvalue weighted by molar-refractivity contribution is 8.00. The Bertz CT molecular complexity index is 716. The Morgan fingerprint density at radius 3 is 2.52 bits per heavy atom. The normalized spacial score (nSPS) is 23.3. The summed E-state index contributed by atoms with van der Waals surface area (Å²) < 4.78 is 0.631. The number of carbonyl (C=O) groups is 2. The van der Waals surface area contributed by atoms with E-state index in [1.54, 1.807) is 0 Å². The fourth-order valence-electron chi connectivity index (χ4n) is 3.70. The molecular formula is C18H23N3O3S. The predicted molar refractivity (Wildman–Crippen MR) is 97.3 cm³/mol. The molecule has 2 aliphatic heterocycles. The summed E-state index contributed by atoms with van der Waals surface area (Å²) in [6, 6.07) is 9.46. The lowest BCUT2D eigenvalue weighted by molar-refractivity contribution is -0.301. The van der Waals surface area contributed by atoms with Crippen LogP contribution < -0.4 is 15.3 Å². The molecule has 0 aliphatic carbocycles. The Hall–Kier alpha value is -1.83. The topological polar surface area (TPSA) is 86.5 Å². The highest BCUT2D eigenvalue weighted by atomic mass is 32.2. The number of thioether (sulfide) groups is 1. The molecule has 0 unspecified atom stereocenters. The molecule has 134 valence electrons. The molecule has 1 amide bonds. The number of para-hydroxylation sites is 1. The van der Waals surface area contributed by atoms with Crippen molar-refractivity contribution >= 4 is 29.3 Å². The van der Waals surface area contributed by atoms with Gasteiger partial charge >= 0.3 is 0 Å². The summed E-state index contributed by atoms with van der Waals surface area (Å²) in [5, 5.41) is 11.5. The molecule has 2 atom stereocenters. The van der Waals surface area contributed by atoms with E-state index < -0.39 is 12.0 Å². The summed E-state index contributed by atoms with van der Waals surface area (Å²) in [5.74, 6) is -1.07. The van der Waals surface area contributed by atoms with Crippen LogP contribution >= 0.6 is 11.8 Å². The Kier molecular flexibility index (Phi) is 4.90. The van der Waals surface area contributed by atoms with Gasteiger partial charge in [0.2, 0.25) is 5.91 Å². The molecule has 2 N–H and O–H groups in total. The minimum atomic E-state index is -1.29. The summed E-state index contributed by atoms with van der Waals surface area (Å²) >= 11 is 1.53. The number of likely N-dealkylation sites (N-methyl/N-ethyl adjacent to an activating group) is 1. The van der Waals surface area contributed by atoms with Crippen LogP contribution in [0.5, 0.6) is 0 Å². The maximum absolute atomic E-state index is 12.1. The third-order valence-corrected chi connectivity index (χ3v) is 6.65. The average Bonchev–Trinajstić information content (AvgIpc) is 2.65. The second-order valence-corrected chi connectivity index (χ2v) is 7.55. The highest BCUT2D eigenvalue weighted by Crippen LogP contribution is 2.40. The van der Waals surface area contributed by atoms with Crippen LogP contribution in [0, 0.1) is 0 Å². The maximum atomic E-state index is 12.1. The summed E-state index contributed by atoms with van der Waals surface area (Å²) in [7, 11) is 0. The van der Waals surface area contributed by atoms with Gasteiger partial charge in [0.05, 0.1) is 24.8 Å². The van der Waals surface area contributed by atoms with Crippen LogP contribution in [-0.2, 0) is 9.59 Å². The van der Waals surface area contributed by atoms with Crippen molar-refractivity contribution in [3.63, 3.8) is 0 Å². The van der Waals surface area contributed by atoms with Gasteiger partial charge in [-0.1, -0.05) is 18.2 Å². The van der Waals surface area contributed by atoms with Gasteiger partial charge in [0.15, 0.2) is 0 Å². The summed E-state index contributed by atoms with van der Waals surface area (Å²) in [5.41, 5.74) is 7.71. The number of carbonyl (C=O) groups excluding carboxylic acids is 2. The lowest BCUT2D eigenvalue weighted by Gasteiger charge is -2.50. The third kappa shape index (κ3) is 2.86. The van der Waals surface area contributed by atoms with Crippen LogP contribution in [0.1, 0.15) is 13.8 Å². The number of β-lactam (4-membered cyclic amide) rings is 1. The van der Waals surface area contributed by atoms with E-state index >= 15 is 0 Å². The molecule has 0 aromatic heterocycles. The molecule has 0 radical (unpaired) electrons. The van der Waals surface area contributed by atoms with Crippen LogP contribution in [0.25, 0.3) is 0 Å². The highest BCUT2D eigenvalue weighted by Gasteiger charge is 2.51. The van der Waals surface area contributed by atoms with Gasteiger partial charge in [0.25, 0.3) is 0 Å². The van der Waals surface area contributed by atoms with Crippen molar-refractivity contribution in [2.24, 2.45) is 5.73 Å². The Morgan fingerprint density at radius 1 is 1.32 bits per heavy atom. The first kappa shape index (κ1) is 18.0. The first-order valence-electron chi connectivity index (χ1n) is 8.50. The van der Waals surface area contributed by atoms with Gasteiger partial charge in [0, 0.05) is 11.3 Å². The molecule has 0 saturated carbocycles. The molecule has 1 aromatic rings. The smallest absolute Gasteiger partial charge is 0.248 e. The molecule has 0 bridgehead atoms.